The van der Waals surface area contributed by atoms with E-state index in [9.17, 15) is 4.79 Å². The van der Waals surface area contributed by atoms with E-state index in [1.165, 1.54) is 5.56 Å². The molecule has 0 aliphatic rings. The Morgan fingerprint density at radius 2 is 2.12 bits per heavy atom. The number of anilines is 1. The molecule has 0 unspecified atom stereocenters. The van der Waals surface area contributed by atoms with Gasteiger partial charge in [0.2, 0.25) is 5.91 Å². The maximum Gasteiger partial charge on any atom is 0.394 e. The smallest absolute Gasteiger partial charge is 0.394 e. The monoisotopic (exact) mass is 357 g/mol. The van der Waals surface area contributed by atoms with Crippen molar-refractivity contribution >= 4 is 19.4 Å². The summed E-state index contributed by atoms with van der Waals surface area (Å²) in [7, 11) is 5.76. The predicted octanol–water partition coefficient (Wildman–Crippen LogP) is 2.77. The lowest BCUT2D eigenvalue weighted by Crippen LogP contribution is -2.42. The average Bonchev–Trinajstić information content (AvgIpc) is 3.00. The second kappa shape index (κ2) is 9.43. The number of aromatic nitrogens is 1. The van der Waals surface area contributed by atoms with Gasteiger partial charge in [-0.2, -0.15) is 4.98 Å². The van der Waals surface area contributed by atoms with E-state index in [-0.39, 0.29) is 12.0 Å². The molecule has 1 aromatic heterocycles. The Kier molecular flexibility index (Phi) is 7.27. The Labute approximate surface area is 156 Å². The van der Waals surface area contributed by atoms with Crippen LogP contribution in [0.25, 0.3) is 0 Å². The summed E-state index contributed by atoms with van der Waals surface area (Å²) in [6.45, 7) is 4.29. The van der Waals surface area contributed by atoms with Crippen LogP contribution in [-0.4, -0.2) is 37.8 Å². The van der Waals surface area contributed by atoms with Crippen molar-refractivity contribution < 1.29 is 13.9 Å². The van der Waals surface area contributed by atoms with Crippen LogP contribution < -0.4 is 9.75 Å². The predicted molar refractivity (Wildman–Crippen MR) is 105 cm³/mol. The molecule has 0 aliphatic carbocycles. The minimum absolute atomic E-state index is 0.0689. The summed E-state index contributed by atoms with van der Waals surface area (Å²) < 4.78 is 11.1. The van der Waals surface area contributed by atoms with Crippen molar-refractivity contribution in [1.29, 1.82) is 0 Å². The van der Waals surface area contributed by atoms with Crippen LogP contribution in [0.2, 0.25) is 6.32 Å². The van der Waals surface area contributed by atoms with E-state index in [1.807, 2.05) is 46.0 Å². The molecule has 6 nitrogen and oxygen atoms in total. The highest BCUT2D eigenvalue weighted by Gasteiger charge is 2.22. The number of carbonyl (C=O) groups is 1. The first-order valence-corrected chi connectivity index (χ1v) is 9.13. The summed E-state index contributed by atoms with van der Waals surface area (Å²) >= 11 is 0. The van der Waals surface area contributed by atoms with Crippen LogP contribution in [0.1, 0.15) is 36.6 Å². The second-order valence-electron chi connectivity index (χ2n) is 6.51. The number of hydrogen-bond donors (Lipinski definition) is 0. The molecule has 0 saturated carbocycles. The molecule has 2 aromatic rings. The quantitative estimate of drug-likeness (QED) is 0.510. The molecule has 0 bridgehead atoms. The van der Waals surface area contributed by atoms with E-state index in [4.69, 9.17) is 9.15 Å². The van der Waals surface area contributed by atoms with Crippen molar-refractivity contribution in [3.05, 3.63) is 41.3 Å². The van der Waals surface area contributed by atoms with Gasteiger partial charge in [0.25, 0.3) is 0 Å². The van der Waals surface area contributed by atoms with Crippen LogP contribution in [0, 0.1) is 6.92 Å². The van der Waals surface area contributed by atoms with Crippen molar-refractivity contribution in [2.75, 3.05) is 19.1 Å². The second-order valence-corrected chi connectivity index (χ2v) is 6.51. The van der Waals surface area contributed by atoms with Crippen molar-refractivity contribution in [2.24, 2.45) is 0 Å². The maximum absolute atomic E-state index is 12.7. The van der Waals surface area contributed by atoms with Gasteiger partial charge in [-0.25, -0.2) is 10.0 Å². The Morgan fingerprint density at radius 1 is 1.35 bits per heavy atom. The van der Waals surface area contributed by atoms with Crippen molar-refractivity contribution in [3.63, 3.8) is 0 Å². The summed E-state index contributed by atoms with van der Waals surface area (Å²) in [6, 6.07) is 6.05. The maximum atomic E-state index is 12.7. The number of aryl methyl sites for hydroxylation is 2. The number of carbonyl (C=O) groups excluding carboxylic acids is 1. The topological polar surface area (TPSA) is 58.8 Å². The first kappa shape index (κ1) is 20.0. The molecule has 7 heteroatoms. The third-order valence-electron chi connectivity index (χ3n) is 4.03. The number of oxazole rings is 1. The summed E-state index contributed by atoms with van der Waals surface area (Å²) in [5, 5.41) is 3.55. The molecule has 2 rings (SSSR count). The molecule has 0 saturated heterocycles. The van der Waals surface area contributed by atoms with E-state index in [2.05, 4.69) is 18.0 Å². The largest absolute Gasteiger partial charge is 0.445 e. The van der Waals surface area contributed by atoms with Crippen LogP contribution in [0.15, 0.2) is 28.9 Å². The Balaban J connectivity index is 2.39. The van der Waals surface area contributed by atoms with Crippen LogP contribution in [0.3, 0.4) is 0 Å². The molecule has 0 atom stereocenters. The minimum atomic E-state index is 0.0689. The molecule has 0 fully saturated rings. The van der Waals surface area contributed by atoms with E-state index in [1.54, 1.807) is 11.3 Å². The van der Waals surface area contributed by atoms with E-state index >= 15 is 0 Å². The summed E-state index contributed by atoms with van der Waals surface area (Å²) in [5.41, 5.74) is 3.78. The number of nitrogens with zero attached hydrogens (tertiary/aromatic N) is 3. The van der Waals surface area contributed by atoms with Gasteiger partial charge < -0.3 is 9.15 Å². The van der Waals surface area contributed by atoms with Gasteiger partial charge in [0.05, 0.1) is 11.4 Å². The minimum Gasteiger partial charge on any atom is -0.445 e. The number of rotatable bonds is 9. The highest BCUT2D eigenvalue weighted by atomic mass is 16.6. The standard InChI is InChI=1S/C19H28BN3O3/c1-5-7-15-8-6-9-17(23(22(3)4)18(24)10-11-20)16(15)13-26-19-21-14(2)12-25-19/h6,8-9,12H,5,7,10-11,13,20H2,1-4H3. The lowest BCUT2D eigenvalue weighted by Gasteiger charge is -2.31. The molecule has 1 heterocycles. The van der Waals surface area contributed by atoms with E-state index < -0.39 is 0 Å². The molecule has 1 aromatic carbocycles. The third-order valence-corrected chi connectivity index (χ3v) is 4.03. The highest BCUT2D eigenvalue weighted by Crippen LogP contribution is 2.28. The fourth-order valence-electron chi connectivity index (χ4n) is 2.91. The summed E-state index contributed by atoms with van der Waals surface area (Å²) in [6.07, 6.45) is 5.04. The van der Waals surface area contributed by atoms with Crippen LogP contribution >= 0.6 is 0 Å². The number of ether oxygens (including phenoxy) is 1. The van der Waals surface area contributed by atoms with Crippen molar-refractivity contribution in [3.8, 4) is 6.08 Å². The average molecular weight is 357 g/mol. The zero-order valence-corrected chi connectivity index (χ0v) is 16.4. The molecule has 0 N–H and O–H groups in total. The zero-order valence-electron chi connectivity index (χ0n) is 16.4. The number of hydrazine groups is 1. The number of benzene rings is 1. The normalized spacial score (nSPS) is 11.0. The molecule has 0 radical (unpaired) electrons. The fourth-order valence-corrected chi connectivity index (χ4v) is 2.91. The van der Waals surface area contributed by atoms with Gasteiger partial charge in [-0.15, -0.1) is 0 Å². The fraction of sp³-hybridized carbons (Fsp3) is 0.474. The van der Waals surface area contributed by atoms with Gasteiger partial charge in [-0.1, -0.05) is 31.8 Å². The molecular formula is C19H28BN3O3. The van der Waals surface area contributed by atoms with Gasteiger partial charge >= 0.3 is 6.08 Å². The number of amides is 1. The lowest BCUT2D eigenvalue weighted by molar-refractivity contribution is -0.120. The molecule has 26 heavy (non-hydrogen) atoms. The van der Waals surface area contributed by atoms with Gasteiger partial charge in [-0.05, 0) is 25.0 Å². The van der Waals surface area contributed by atoms with Gasteiger partial charge in [-0.3, -0.25) is 4.79 Å². The number of hydrogen-bond acceptors (Lipinski definition) is 5. The van der Waals surface area contributed by atoms with Crippen LogP contribution in [0.5, 0.6) is 6.08 Å². The van der Waals surface area contributed by atoms with Crippen LogP contribution in [0.4, 0.5) is 5.69 Å². The molecular weight excluding hydrogens is 329 g/mol. The third kappa shape index (κ3) is 4.88. The molecule has 1 amide bonds. The Hall–Kier alpha value is -2.28. The first-order valence-electron chi connectivity index (χ1n) is 9.13. The van der Waals surface area contributed by atoms with Crippen molar-refractivity contribution in [1.82, 2.24) is 9.99 Å². The van der Waals surface area contributed by atoms with Gasteiger partial charge in [0.15, 0.2) is 0 Å². The molecule has 140 valence electrons. The van der Waals surface area contributed by atoms with Crippen molar-refractivity contribution in [2.45, 2.75) is 46.0 Å². The molecule has 0 spiro atoms. The Morgan fingerprint density at radius 3 is 2.69 bits per heavy atom. The Bertz CT molecular complexity index is 731. The zero-order chi connectivity index (χ0) is 19.1. The lowest BCUT2D eigenvalue weighted by atomic mass is 9.99. The van der Waals surface area contributed by atoms with E-state index in [0.29, 0.717) is 13.0 Å². The molecule has 0 aliphatic heterocycles. The summed E-state index contributed by atoms with van der Waals surface area (Å²) in [4.78, 5) is 16.9. The van der Waals surface area contributed by atoms with E-state index in [0.717, 1.165) is 36.1 Å². The highest BCUT2D eigenvalue weighted by molar-refractivity contribution is 6.10. The van der Waals surface area contributed by atoms with Crippen LogP contribution in [-0.2, 0) is 17.8 Å². The summed E-state index contributed by atoms with van der Waals surface area (Å²) in [5.74, 6) is 0.0689. The first-order chi connectivity index (χ1) is 12.5. The van der Waals surface area contributed by atoms with Gasteiger partial charge in [0, 0.05) is 26.1 Å². The van der Waals surface area contributed by atoms with Gasteiger partial charge in [0.1, 0.15) is 20.7 Å². The SMILES string of the molecule is BCCC(=O)N(c1cccc(CCC)c1COc1nc(C)co1)N(C)C.